The molecule has 3 heteroatoms. The Kier molecular flexibility index (Phi) is 1.57. The second-order valence-corrected chi connectivity index (χ2v) is 2.77. The molecule has 0 radical (unpaired) electrons. The summed E-state index contributed by atoms with van der Waals surface area (Å²) in [5, 5.41) is 2.66. The minimum absolute atomic E-state index is 0.171. The van der Waals surface area contributed by atoms with E-state index in [0.717, 1.165) is 0 Å². The Bertz CT molecular complexity index is 335. The predicted molar refractivity (Wildman–Crippen MR) is 42.4 cm³/mol. The Morgan fingerprint density at radius 3 is 3.00 bits per heavy atom. The van der Waals surface area contributed by atoms with Crippen LogP contribution in [0.3, 0.4) is 0 Å². The summed E-state index contributed by atoms with van der Waals surface area (Å²) in [7, 11) is 0. The van der Waals surface area contributed by atoms with Gasteiger partial charge in [-0.15, -0.1) is 0 Å². The van der Waals surface area contributed by atoms with Crippen LogP contribution in [0.15, 0.2) is 18.2 Å². The molecule has 0 saturated carbocycles. The van der Waals surface area contributed by atoms with Gasteiger partial charge in [0.15, 0.2) is 0 Å². The van der Waals surface area contributed by atoms with E-state index < -0.39 is 0 Å². The highest BCUT2D eigenvalue weighted by Gasteiger charge is 2.18. The maximum Gasteiger partial charge on any atom is 0.251 e. The highest BCUT2D eigenvalue weighted by atomic mass is 19.1. The Morgan fingerprint density at radius 2 is 2.25 bits per heavy atom. The summed E-state index contributed by atoms with van der Waals surface area (Å²) in [4.78, 5) is 11.2. The number of carbonyl (C=O) groups is 1. The lowest BCUT2D eigenvalue weighted by atomic mass is 10.0. The van der Waals surface area contributed by atoms with Crippen molar-refractivity contribution in [2.24, 2.45) is 0 Å². The molecule has 1 aromatic rings. The molecule has 0 spiro atoms. The number of fused-ring (bicyclic) bond motifs is 1. The van der Waals surface area contributed by atoms with E-state index in [9.17, 15) is 9.18 Å². The zero-order chi connectivity index (χ0) is 8.55. The third kappa shape index (κ3) is 0.978. The van der Waals surface area contributed by atoms with E-state index in [2.05, 4.69) is 5.32 Å². The number of amides is 1. The molecular formula is C9H8FNO. The summed E-state index contributed by atoms with van der Waals surface area (Å²) < 4.78 is 13.1. The van der Waals surface area contributed by atoms with Crippen LogP contribution in [0.1, 0.15) is 15.9 Å². The number of hydrogen-bond acceptors (Lipinski definition) is 1. The summed E-state index contributed by atoms with van der Waals surface area (Å²) in [6, 6.07) is 4.59. The van der Waals surface area contributed by atoms with Crippen molar-refractivity contribution in [3.8, 4) is 0 Å². The minimum atomic E-state index is -0.276. The topological polar surface area (TPSA) is 29.1 Å². The summed E-state index contributed by atoms with van der Waals surface area (Å²) >= 11 is 0. The third-order valence-electron chi connectivity index (χ3n) is 2.02. The molecule has 0 atom stereocenters. The van der Waals surface area contributed by atoms with Crippen LogP contribution in [0.2, 0.25) is 0 Å². The largest absolute Gasteiger partial charge is 0.352 e. The van der Waals surface area contributed by atoms with Gasteiger partial charge in [-0.05, 0) is 18.6 Å². The van der Waals surface area contributed by atoms with Gasteiger partial charge in [0.2, 0.25) is 0 Å². The second kappa shape index (κ2) is 2.59. The second-order valence-electron chi connectivity index (χ2n) is 2.77. The smallest absolute Gasteiger partial charge is 0.251 e. The number of carbonyl (C=O) groups excluding carboxylic acids is 1. The zero-order valence-electron chi connectivity index (χ0n) is 6.43. The normalized spacial score (nSPS) is 15.2. The molecule has 2 rings (SSSR count). The Morgan fingerprint density at radius 1 is 1.42 bits per heavy atom. The number of halogens is 1. The number of nitrogens with one attached hydrogen (secondary N) is 1. The predicted octanol–water partition coefficient (Wildman–Crippen LogP) is 1.11. The third-order valence-corrected chi connectivity index (χ3v) is 2.02. The van der Waals surface area contributed by atoms with Gasteiger partial charge in [-0.1, -0.05) is 6.07 Å². The molecule has 62 valence electrons. The quantitative estimate of drug-likeness (QED) is 0.613. The molecule has 1 N–H and O–H groups in total. The summed E-state index contributed by atoms with van der Waals surface area (Å²) in [6.45, 7) is 0.534. The fourth-order valence-electron chi connectivity index (χ4n) is 1.42. The van der Waals surface area contributed by atoms with Crippen molar-refractivity contribution >= 4 is 5.91 Å². The Hall–Kier alpha value is -1.38. The molecule has 1 heterocycles. The van der Waals surface area contributed by atoms with Gasteiger partial charge in [0.05, 0.1) is 0 Å². The van der Waals surface area contributed by atoms with Crippen molar-refractivity contribution in [2.45, 2.75) is 6.42 Å². The molecular weight excluding hydrogens is 157 g/mol. The summed E-state index contributed by atoms with van der Waals surface area (Å²) in [5.74, 6) is -0.446. The van der Waals surface area contributed by atoms with Crippen LogP contribution < -0.4 is 5.32 Å². The van der Waals surface area contributed by atoms with E-state index in [-0.39, 0.29) is 11.7 Å². The van der Waals surface area contributed by atoms with Crippen LogP contribution in [0.5, 0.6) is 0 Å². The molecule has 0 fully saturated rings. The van der Waals surface area contributed by atoms with E-state index >= 15 is 0 Å². The molecule has 1 amide bonds. The fraction of sp³-hybridized carbons (Fsp3) is 0.222. The monoisotopic (exact) mass is 165 g/mol. The first-order valence-corrected chi connectivity index (χ1v) is 3.84. The first-order chi connectivity index (χ1) is 5.79. The minimum Gasteiger partial charge on any atom is -0.352 e. The molecule has 1 aromatic carbocycles. The maximum absolute atomic E-state index is 13.1. The zero-order valence-corrected chi connectivity index (χ0v) is 6.43. The molecule has 0 unspecified atom stereocenters. The lowest BCUT2D eigenvalue weighted by Crippen LogP contribution is -2.32. The van der Waals surface area contributed by atoms with Crippen LogP contribution in [-0.4, -0.2) is 12.5 Å². The molecule has 1 aliphatic heterocycles. The highest BCUT2D eigenvalue weighted by molar-refractivity contribution is 5.96. The van der Waals surface area contributed by atoms with Crippen molar-refractivity contribution in [3.05, 3.63) is 35.1 Å². The van der Waals surface area contributed by atoms with E-state index in [1.807, 2.05) is 0 Å². The number of benzene rings is 1. The van der Waals surface area contributed by atoms with Crippen molar-refractivity contribution in [2.75, 3.05) is 6.54 Å². The van der Waals surface area contributed by atoms with Crippen LogP contribution in [0.25, 0.3) is 0 Å². The lowest BCUT2D eigenvalue weighted by molar-refractivity contribution is 0.0945. The Balaban J connectivity index is 2.59. The molecule has 0 saturated heterocycles. The highest BCUT2D eigenvalue weighted by Crippen LogP contribution is 2.16. The summed E-state index contributed by atoms with van der Waals surface area (Å²) in [6.07, 6.45) is 0.591. The molecule has 0 aromatic heterocycles. The van der Waals surface area contributed by atoms with Crippen molar-refractivity contribution in [1.29, 1.82) is 0 Å². The van der Waals surface area contributed by atoms with Crippen LogP contribution in [0.4, 0.5) is 4.39 Å². The van der Waals surface area contributed by atoms with Crippen molar-refractivity contribution < 1.29 is 9.18 Å². The van der Waals surface area contributed by atoms with E-state index in [1.54, 1.807) is 12.1 Å². The standard InChI is InChI=1S/C9H8FNO/c10-8-3-1-2-7-6(8)4-5-11-9(7)12/h1-3H,4-5H2,(H,11,12). The van der Waals surface area contributed by atoms with Gasteiger partial charge in [0, 0.05) is 17.7 Å². The van der Waals surface area contributed by atoms with Crippen molar-refractivity contribution in [3.63, 3.8) is 0 Å². The average molecular weight is 165 g/mol. The van der Waals surface area contributed by atoms with Gasteiger partial charge in [0.25, 0.3) is 5.91 Å². The van der Waals surface area contributed by atoms with Crippen molar-refractivity contribution in [1.82, 2.24) is 5.32 Å². The van der Waals surface area contributed by atoms with Gasteiger partial charge in [-0.2, -0.15) is 0 Å². The molecule has 0 aliphatic carbocycles. The van der Waals surface area contributed by atoms with Gasteiger partial charge in [0.1, 0.15) is 5.82 Å². The fourth-order valence-corrected chi connectivity index (χ4v) is 1.42. The molecule has 1 aliphatic rings. The van der Waals surface area contributed by atoms with Gasteiger partial charge in [-0.3, -0.25) is 4.79 Å². The van der Waals surface area contributed by atoms with Gasteiger partial charge in [-0.25, -0.2) is 4.39 Å². The van der Waals surface area contributed by atoms with Crippen LogP contribution in [-0.2, 0) is 6.42 Å². The molecule has 12 heavy (non-hydrogen) atoms. The molecule has 2 nitrogen and oxygen atoms in total. The Labute approximate surface area is 69.4 Å². The maximum atomic E-state index is 13.1. The first-order valence-electron chi connectivity index (χ1n) is 3.84. The molecule has 0 bridgehead atoms. The van der Waals surface area contributed by atoms with E-state index in [1.165, 1.54) is 6.07 Å². The lowest BCUT2D eigenvalue weighted by Gasteiger charge is -2.16. The van der Waals surface area contributed by atoms with Gasteiger partial charge < -0.3 is 5.32 Å². The number of hydrogen-bond donors (Lipinski definition) is 1. The van der Waals surface area contributed by atoms with Crippen LogP contribution in [0, 0.1) is 5.82 Å². The van der Waals surface area contributed by atoms with E-state index in [0.29, 0.717) is 24.1 Å². The summed E-state index contributed by atoms with van der Waals surface area (Å²) in [5.41, 5.74) is 1.02. The van der Waals surface area contributed by atoms with Gasteiger partial charge >= 0.3 is 0 Å². The van der Waals surface area contributed by atoms with E-state index in [4.69, 9.17) is 0 Å². The SMILES string of the molecule is O=C1NCCc2c(F)cccc21. The first kappa shape index (κ1) is 7.28. The average Bonchev–Trinajstić information content (AvgIpc) is 2.07. The van der Waals surface area contributed by atoms with Crippen LogP contribution >= 0.6 is 0 Å². The number of rotatable bonds is 0.